The van der Waals surface area contributed by atoms with Gasteiger partial charge in [-0.3, -0.25) is 9.59 Å². The lowest BCUT2D eigenvalue weighted by Crippen LogP contribution is -2.29. The maximum atomic E-state index is 13.4. The van der Waals surface area contributed by atoms with E-state index in [1.54, 1.807) is 6.92 Å². The zero-order valence-electron chi connectivity index (χ0n) is 11.8. The number of hydrogen-bond acceptors (Lipinski definition) is 2. The summed E-state index contributed by atoms with van der Waals surface area (Å²) in [6, 6.07) is 10.2. The number of nitrogens with zero attached hydrogens (tertiary/aromatic N) is 1. The van der Waals surface area contributed by atoms with Crippen LogP contribution in [0.5, 0.6) is 0 Å². The Balaban J connectivity index is 2.05. The van der Waals surface area contributed by atoms with Crippen molar-refractivity contribution in [1.82, 2.24) is 0 Å². The van der Waals surface area contributed by atoms with E-state index in [4.69, 9.17) is 0 Å². The Morgan fingerprint density at radius 1 is 1.10 bits per heavy atom. The second kappa shape index (κ2) is 4.81. The summed E-state index contributed by atoms with van der Waals surface area (Å²) in [5, 5.41) is 0. The molecule has 0 atom stereocenters. The number of halogens is 1. The molecule has 1 aliphatic rings. The van der Waals surface area contributed by atoms with Crippen LogP contribution in [0, 0.1) is 19.7 Å². The second-order valence-electron chi connectivity index (χ2n) is 5.33. The zero-order chi connectivity index (χ0) is 15.1. The molecular weight excluding hydrogens is 269 g/mol. The number of Topliss-reactive ketones (excluding diaryl/α,β-unsaturated/α-hetero) is 1. The van der Waals surface area contributed by atoms with Crippen molar-refractivity contribution in [2.45, 2.75) is 20.4 Å². The quantitative estimate of drug-likeness (QED) is 0.794. The van der Waals surface area contributed by atoms with Crippen molar-refractivity contribution >= 4 is 17.4 Å². The van der Waals surface area contributed by atoms with Crippen LogP contribution in [0.4, 0.5) is 10.1 Å². The Morgan fingerprint density at radius 2 is 1.86 bits per heavy atom. The molecule has 3 nitrogen and oxygen atoms in total. The van der Waals surface area contributed by atoms with Gasteiger partial charge in [-0.1, -0.05) is 29.8 Å². The van der Waals surface area contributed by atoms with E-state index in [1.165, 1.54) is 11.0 Å². The number of ketones is 1. The van der Waals surface area contributed by atoms with E-state index in [0.29, 0.717) is 17.8 Å². The molecule has 3 rings (SSSR count). The van der Waals surface area contributed by atoms with Crippen molar-refractivity contribution in [3.8, 4) is 0 Å². The fourth-order valence-corrected chi connectivity index (χ4v) is 2.75. The van der Waals surface area contributed by atoms with E-state index in [1.807, 2.05) is 31.2 Å². The molecule has 21 heavy (non-hydrogen) atoms. The Morgan fingerprint density at radius 3 is 2.57 bits per heavy atom. The molecule has 1 aliphatic heterocycles. The third-order valence-electron chi connectivity index (χ3n) is 3.64. The van der Waals surface area contributed by atoms with Gasteiger partial charge in [0.25, 0.3) is 11.7 Å². The minimum Gasteiger partial charge on any atom is -0.300 e. The van der Waals surface area contributed by atoms with Crippen molar-refractivity contribution < 1.29 is 14.0 Å². The maximum absolute atomic E-state index is 13.4. The summed E-state index contributed by atoms with van der Waals surface area (Å²) in [5.41, 5.74) is 3.30. The van der Waals surface area contributed by atoms with Crippen LogP contribution in [0.25, 0.3) is 0 Å². The number of hydrogen-bond donors (Lipinski definition) is 0. The first-order chi connectivity index (χ1) is 9.97. The van der Waals surface area contributed by atoms with Gasteiger partial charge in [-0.15, -0.1) is 0 Å². The Hall–Kier alpha value is -2.49. The van der Waals surface area contributed by atoms with Crippen molar-refractivity contribution in [2.24, 2.45) is 0 Å². The maximum Gasteiger partial charge on any atom is 0.299 e. The number of benzene rings is 2. The van der Waals surface area contributed by atoms with Crippen LogP contribution in [0.2, 0.25) is 0 Å². The van der Waals surface area contributed by atoms with Crippen LogP contribution < -0.4 is 4.90 Å². The number of anilines is 1. The molecule has 0 fully saturated rings. The Bertz CT molecular complexity index is 767. The van der Waals surface area contributed by atoms with Crippen molar-refractivity contribution in [2.75, 3.05) is 4.90 Å². The lowest BCUT2D eigenvalue weighted by Gasteiger charge is -2.18. The van der Waals surface area contributed by atoms with Gasteiger partial charge in [-0.25, -0.2) is 4.39 Å². The van der Waals surface area contributed by atoms with Crippen molar-refractivity contribution in [3.63, 3.8) is 0 Å². The van der Waals surface area contributed by atoms with E-state index in [9.17, 15) is 14.0 Å². The summed E-state index contributed by atoms with van der Waals surface area (Å²) in [6.07, 6.45) is 0. The molecule has 0 aromatic heterocycles. The molecule has 0 aliphatic carbocycles. The van der Waals surface area contributed by atoms with Crippen LogP contribution in [0.15, 0.2) is 36.4 Å². The third-order valence-corrected chi connectivity index (χ3v) is 3.64. The molecule has 0 N–H and O–H groups in total. The van der Waals surface area contributed by atoms with E-state index in [-0.39, 0.29) is 5.56 Å². The van der Waals surface area contributed by atoms with Gasteiger partial charge in [-0.2, -0.15) is 0 Å². The summed E-state index contributed by atoms with van der Waals surface area (Å²) in [7, 11) is 0. The molecule has 0 spiro atoms. The highest BCUT2D eigenvalue weighted by Crippen LogP contribution is 2.34. The van der Waals surface area contributed by atoms with Crippen LogP contribution in [0.1, 0.15) is 27.0 Å². The Kier molecular flexibility index (Phi) is 3.09. The predicted octanol–water partition coefficient (Wildman–Crippen LogP) is 3.17. The molecule has 0 saturated heterocycles. The zero-order valence-corrected chi connectivity index (χ0v) is 11.8. The molecule has 0 bridgehead atoms. The molecule has 4 heteroatoms. The number of carbonyl (C=O) groups excluding carboxylic acids is 2. The lowest BCUT2D eigenvalue weighted by molar-refractivity contribution is -0.114. The highest BCUT2D eigenvalue weighted by molar-refractivity contribution is 6.52. The average Bonchev–Trinajstić information content (AvgIpc) is 2.64. The molecular formula is C17H14FNO2. The number of amides is 1. The standard InChI is InChI=1S/C17H14FNO2/c1-10-4-3-5-12(6-10)9-19-15-11(2)7-13(18)8-14(15)16(20)17(19)21/h3-8H,9H2,1-2H3. The average molecular weight is 283 g/mol. The summed E-state index contributed by atoms with van der Waals surface area (Å²) in [6.45, 7) is 3.98. The largest absolute Gasteiger partial charge is 0.300 e. The smallest absolute Gasteiger partial charge is 0.299 e. The first kappa shape index (κ1) is 13.5. The minimum atomic E-state index is -0.639. The number of aryl methyl sites for hydroxylation is 2. The van der Waals surface area contributed by atoms with Gasteiger partial charge < -0.3 is 4.90 Å². The van der Waals surface area contributed by atoms with E-state index in [2.05, 4.69) is 0 Å². The fourth-order valence-electron chi connectivity index (χ4n) is 2.75. The minimum absolute atomic E-state index is 0.158. The number of rotatable bonds is 2. The molecule has 0 radical (unpaired) electrons. The van der Waals surface area contributed by atoms with Crippen LogP contribution in [-0.2, 0) is 11.3 Å². The molecule has 2 aromatic rings. The first-order valence-corrected chi connectivity index (χ1v) is 6.69. The Labute approximate surface area is 122 Å². The van der Waals surface area contributed by atoms with Crippen molar-refractivity contribution in [1.29, 1.82) is 0 Å². The fraction of sp³-hybridized carbons (Fsp3) is 0.176. The summed E-state index contributed by atoms with van der Waals surface area (Å²) in [4.78, 5) is 25.6. The van der Waals surface area contributed by atoms with Crippen molar-refractivity contribution in [3.05, 3.63) is 64.5 Å². The highest BCUT2D eigenvalue weighted by Gasteiger charge is 2.37. The van der Waals surface area contributed by atoms with Gasteiger partial charge in [0, 0.05) is 0 Å². The van der Waals surface area contributed by atoms with E-state index < -0.39 is 17.5 Å². The van der Waals surface area contributed by atoms with E-state index in [0.717, 1.165) is 17.2 Å². The van der Waals surface area contributed by atoms with Crippen LogP contribution in [-0.4, -0.2) is 11.7 Å². The molecule has 0 saturated carbocycles. The molecule has 1 heterocycles. The summed E-state index contributed by atoms with van der Waals surface area (Å²) >= 11 is 0. The molecule has 2 aromatic carbocycles. The van der Waals surface area contributed by atoms with Gasteiger partial charge in [0.05, 0.1) is 17.8 Å². The molecule has 0 unspecified atom stereocenters. The van der Waals surface area contributed by atoms with Gasteiger partial charge >= 0.3 is 0 Å². The summed E-state index contributed by atoms with van der Waals surface area (Å²) in [5.74, 6) is -1.73. The SMILES string of the molecule is Cc1cccc(CN2C(=O)C(=O)c3cc(F)cc(C)c32)c1. The van der Waals surface area contributed by atoms with Crippen LogP contribution in [0.3, 0.4) is 0 Å². The van der Waals surface area contributed by atoms with Gasteiger partial charge in [-0.05, 0) is 37.1 Å². The van der Waals surface area contributed by atoms with Gasteiger partial charge in [0.2, 0.25) is 0 Å². The normalized spacial score (nSPS) is 13.8. The van der Waals surface area contributed by atoms with Gasteiger partial charge in [0.1, 0.15) is 5.82 Å². The van der Waals surface area contributed by atoms with Gasteiger partial charge in [0.15, 0.2) is 0 Å². The first-order valence-electron chi connectivity index (χ1n) is 6.69. The molecule has 106 valence electrons. The second-order valence-corrected chi connectivity index (χ2v) is 5.33. The monoisotopic (exact) mass is 283 g/mol. The highest BCUT2D eigenvalue weighted by atomic mass is 19.1. The topological polar surface area (TPSA) is 37.4 Å². The number of fused-ring (bicyclic) bond motifs is 1. The third kappa shape index (κ3) is 2.23. The molecule has 1 amide bonds. The predicted molar refractivity (Wildman–Crippen MR) is 77.8 cm³/mol. The number of carbonyl (C=O) groups is 2. The lowest BCUT2D eigenvalue weighted by atomic mass is 10.1. The van der Waals surface area contributed by atoms with E-state index >= 15 is 0 Å². The van der Waals surface area contributed by atoms with Crippen LogP contribution >= 0.6 is 0 Å². The summed E-state index contributed by atoms with van der Waals surface area (Å²) < 4.78 is 13.4.